The summed E-state index contributed by atoms with van der Waals surface area (Å²) in [4.78, 5) is 28.1. The molecule has 134 valence electrons. The molecular weight excluding hydrogens is 336 g/mol. The first kappa shape index (κ1) is 19.2. The first-order valence-corrected chi connectivity index (χ1v) is 9.42. The number of hydrogen-bond acceptors (Lipinski definition) is 5. The molecule has 1 heterocycles. The highest BCUT2D eigenvalue weighted by Gasteiger charge is 2.11. The zero-order chi connectivity index (χ0) is 18.2. The van der Waals surface area contributed by atoms with Gasteiger partial charge >= 0.3 is 5.97 Å². The monoisotopic (exact) mass is 360 g/mol. The summed E-state index contributed by atoms with van der Waals surface area (Å²) in [6, 6.07) is 9.95. The Labute approximate surface area is 152 Å². The van der Waals surface area contributed by atoms with Gasteiger partial charge in [0.05, 0.1) is 16.3 Å². The number of rotatable bonds is 8. The number of ether oxygens (including phenoxy) is 1. The molecule has 0 saturated carbocycles. The van der Waals surface area contributed by atoms with E-state index in [-0.39, 0.29) is 24.3 Å². The number of para-hydroxylation sites is 1. The average molecular weight is 360 g/mol. The second-order valence-corrected chi connectivity index (χ2v) is 7.00. The summed E-state index contributed by atoms with van der Waals surface area (Å²) in [7, 11) is 0. The van der Waals surface area contributed by atoms with E-state index in [0.717, 1.165) is 34.3 Å². The zero-order valence-corrected chi connectivity index (χ0v) is 15.7. The van der Waals surface area contributed by atoms with Crippen LogP contribution >= 0.6 is 11.8 Å². The lowest BCUT2D eigenvalue weighted by molar-refractivity contribution is -0.146. The minimum atomic E-state index is -0.420. The first-order chi connectivity index (χ1) is 12.0. The highest BCUT2D eigenvalue weighted by molar-refractivity contribution is 7.99. The highest BCUT2D eigenvalue weighted by Crippen LogP contribution is 2.23. The van der Waals surface area contributed by atoms with E-state index < -0.39 is 5.97 Å². The Hall–Kier alpha value is -2.08. The van der Waals surface area contributed by atoms with E-state index in [9.17, 15) is 9.59 Å². The largest absolute Gasteiger partial charge is 0.455 e. The number of pyridine rings is 1. The van der Waals surface area contributed by atoms with Crippen LogP contribution in [0.25, 0.3) is 10.9 Å². The number of esters is 1. The molecular formula is C19H24N2O3S. The van der Waals surface area contributed by atoms with Gasteiger partial charge in [0, 0.05) is 11.4 Å². The molecule has 0 aliphatic rings. The molecule has 6 heteroatoms. The van der Waals surface area contributed by atoms with Crippen LogP contribution in [-0.4, -0.2) is 35.3 Å². The highest BCUT2D eigenvalue weighted by atomic mass is 32.2. The molecule has 1 N–H and O–H groups in total. The van der Waals surface area contributed by atoms with E-state index in [2.05, 4.69) is 17.2 Å². The smallest absolute Gasteiger partial charge is 0.316 e. The number of carbonyl (C=O) groups excluding carboxylic acids is 2. The summed E-state index contributed by atoms with van der Waals surface area (Å²) in [6.07, 6.45) is 1.90. The summed E-state index contributed by atoms with van der Waals surface area (Å²) in [6.45, 7) is 5.78. The number of aryl methyl sites for hydroxylation is 1. The number of carbonyl (C=O) groups is 2. The summed E-state index contributed by atoms with van der Waals surface area (Å²) in [5.41, 5.74) is 2.02. The van der Waals surface area contributed by atoms with Gasteiger partial charge in [0.2, 0.25) is 0 Å². The van der Waals surface area contributed by atoms with Crippen molar-refractivity contribution in [3.8, 4) is 0 Å². The molecule has 0 aliphatic heterocycles. The molecule has 0 fully saturated rings. The minimum Gasteiger partial charge on any atom is -0.455 e. The van der Waals surface area contributed by atoms with Gasteiger partial charge in [-0.3, -0.25) is 9.59 Å². The fraction of sp³-hybridized carbons (Fsp3) is 0.421. The van der Waals surface area contributed by atoms with Crippen molar-refractivity contribution in [1.82, 2.24) is 10.3 Å². The number of nitrogens with zero attached hydrogens (tertiary/aromatic N) is 1. The summed E-state index contributed by atoms with van der Waals surface area (Å²) < 4.78 is 5.02. The number of thioether (sulfide) groups is 1. The summed E-state index contributed by atoms with van der Waals surface area (Å²) in [5.74, 6) is -0.558. The maximum absolute atomic E-state index is 11.8. The Kier molecular flexibility index (Phi) is 7.25. The third-order valence-corrected chi connectivity index (χ3v) is 4.62. The molecule has 0 bridgehead atoms. The van der Waals surface area contributed by atoms with E-state index in [1.165, 1.54) is 11.8 Å². The Bertz CT molecular complexity index is 749. The van der Waals surface area contributed by atoms with Crippen molar-refractivity contribution < 1.29 is 14.3 Å². The molecule has 0 aliphatic carbocycles. The average Bonchev–Trinajstić information content (AvgIpc) is 2.58. The molecule has 1 amide bonds. The molecule has 2 aromatic rings. The van der Waals surface area contributed by atoms with Gasteiger partial charge in [0.1, 0.15) is 0 Å². The van der Waals surface area contributed by atoms with Crippen LogP contribution < -0.4 is 5.32 Å². The van der Waals surface area contributed by atoms with Crippen LogP contribution in [0.3, 0.4) is 0 Å². The number of benzene rings is 1. The third-order valence-electron chi connectivity index (χ3n) is 3.73. The Morgan fingerprint density at radius 3 is 2.84 bits per heavy atom. The standard InChI is InChI=1S/C19H24N2O3S/c1-4-7-14(3)20-17(22)11-24-19(23)12-25-18-10-13(2)15-8-5-6-9-16(15)21-18/h5-6,8-10,14H,4,7,11-12H2,1-3H3,(H,20,22)/t14-/m0/s1. The molecule has 1 aromatic carbocycles. The van der Waals surface area contributed by atoms with Gasteiger partial charge in [0.15, 0.2) is 6.61 Å². The topological polar surface area (TPSA) is 68.3 Å². The Morgan fingerprint density at radius 1 is 1.32 bits per heavy atom. The molecule has 0 spiro atoms. The molecule has 0 saturated heterocycles. The quantitative estimate of drug-likeness (QED) is 0.576. The predicted molar refractivity (Wildman–Crippen MR) is 101 cm³/mol. The molecule has 1 aromatic heterocycles. The minimum absolute atomic E-state index is 0.0929. The number of hydrogen-bond donors (Lipinski definition) is 1. The van der Waals surface area contributed by atoms with Crippen molar-refractivity contribution in [1.29, 1.82) is 0 Å². The van der Waals surface area contributed by atoms with Crippen molar-refractivity contribution in [3.63, 3.8) is 0 Å². The van der Waals surface area contributed by atoms with Crippen LogP contribution in [0, 0.1) is 6.92 Å². The van der Waals surface area contributed by atoms with E-state index >= 15 is 0 Å². The molecule has 0 unspecified atom stereocenters. The molecule has 1 atom stereocenters. The van der Waals surface area contributed by atoms with Crippen molar-refractivity contribution in [2.75, 3.05) is 12.4 Å². The van der Waals surface area contributed by atoms with Gasteiger partial charge in [-0.1, -0.05) is 43.3 Å². The van der Waals surface area contributed by atoms with Gasteiger partial charge in [-0.05, 0) is 38.0 Å². The van der Waals surface area contributed by atoms with Crippen molar-refractivity contribution in [2.24, 2.45) is 0 Å². The van der Waals surface area contributed by atoms with Crippen LogP contribution in [0.1, 0.15) is 32.3 Å². The number of aromatic nitrogens is 1. The lowest BCUT2D eigenvalue weighted by Crippen LogP contribution is -2.35. The second-order valence-electron chi connectivity index (χ2n) is 6.00. The van der Waals surface area contributed by atoms with E-state index in [1.807, 2.05) is 44.2 Å². The van der Waals surface area contributed by atoms with Gasteiger partial charge in [-0.25, -0.2) is 4.98 Å². The van der Waals surface area contributed by atoms with Crippen LogP contribution in [0.5, 0.6) is 0 Å². The molecule has 5 nitrogen and oxygen atoms in total. The van der Waals surface area contributed by atoms with Crippen LogP contribution in [-0.2, 0) is 14.3 Å². The number of amides is 1. The van der Waals surface area contributed by atoms with Crippen molar-refractivity contribution in [3.05, 3.63) is 35.9 Å². The number of fused-ring (bicyclic) bond motifs is 1. The van der Waals surface area contributed by atoms with Gasteiger partial charge in [-0.2, -0.15) is 0 Å². The van der Waals surface area contributed by atoms with Gasteiger partial charge in [-0.15, -0.1) is 0 Å². The van der Waals surface area contributed by atoms with Crippen LogP contribution in [0.15, 0.2) is 35.4 Å². The maximum atomic E-state index is 11.8. The lowest BCUT2D eigenvalue weighted by atomic mass is 10.1. The first-order valence-electron chi connectivity index (χ1n) is 8.43. The third kappa shape index (κ3) is 6.05. The summed E-state index contributed by atoms with van der Waals surface area (Å²) >= 11 is 1.31. The Balaban J connectivity index is 1.81. The van der Waals surface area contributed by atoms with Crippen molar-refractivity contribution in [2.45, 2.75) is 44.7 Å². The number of nitrogens with one attached hydrogen (secondary N) is 1. The molecule has 0 radical (unpaired) electrons. The van der Waals surface area contributed by atoms with Crippen LogP contribution in [0.4, 0.5) is 0 Å². The fourth-order valence-corrected chi connectivity index (χ4v) is 3.31. The predicted octanol–water partition coefficient (Wildman–Crippen LogP) is 3.48. The van der Waals surface area contributed by atoms with E-state index in [0.29, 0.717) is 0 Å². The SMILES string of the molecule is CCC[C@H](C)NC(=O)COC(=O)CSc1cc(C)c2ccccc2n1. The maximum Gasteiger partial charge on any atom is 0.316 e. The van der Waals surface area contributed by atoms with Gasteiger partial charge in [0.25, 0.3) is 5.91 Å². The second kappa shape index (κ2) is 9.42. The molecule has 25 heavy (non-hydrogen) atoms. The Morgan fingerprint density at radius 2 is 2.08 bits per heavy atom. The lowest BCUT2D eigenvalue weighted by Gasteiger charge is -2.12. The zero-order valence-electron chi connectivity index (χ0n) is 14.9. The molecule has 2 rings (SSSR count). The summed E-state index contributed by atoms with van der Waals surface area (Å²) in [5, 5.41) is 4.68. The normalized spacial score (nSPS) is 12.0. The van der Waals surface area contributed by atoms with Gasteiger partial charge < -0.3 is 10.1 Å². The van der Waals surface area contributed by atoms with E-state index in [4.69, 9.17) is 4.74 Å². The van der Waals surface area contributed by atoms with Crippen molar-refractivity contribution >= 4 is 34.5 Å². The van der Waals surface area contributed by atoms with Crippen LogP contribution in [0.2, 0.25) is 0 Å². The van der Waals surface area contributed by atoms with E-state index in [1.54, 1.807) is 0 Å². The fourth-order valence-electron chi connectivity index (χ4n) is 2.53.